The number of nitrogens with one attached hydrogen (secondary N) is 1. The van der Waals surface area contributed by atoms with Crippen molar-refractivity contribution in [2.45, 2.75) is 25.9 Å². The number of aryl methyl sites for hydroxylation is 1. The monoisotopic (exact) mass is 443 g/mol. The van der Waals surface area contributed by atoms with Crippen molar-refractivity contribution in [3.63, 3.8) is 0 Å². The lowest BCUT2D eigenvalue weighted by Gasteiger charge is -2.28. The molecule has 0 unspecified atom stereocenters. The molecule has 160 valence electrons. The van der Waals surface area contributed by atoms with E-state index in [0.29, 0.717) is 5.11 Å². The Morgan fingerprint density at radius 2 is 1.66 bits per heavy atom. The number of aromatic nitrogens is 3. The molecule has 0 bridgehead atoms. The quantitative estimate of drug-likeness (QED) is 0.439. The van der Waals surface area contributed by atoms with Crippen molar-refractivity contribution in [1.82, 2.24) is 19.9 Å². The molecule has 1 aliphatic heterocycles. The summed E-state index contributed by atoms with van der Waals surface area (Å²) in [4.78, 5) is 11.2. The van der Waals surface area contributed by atoms with Crippen molar-refractivity contribution in [2.75, 3.05) is 4.90 Å². The third-order valence-corrected chi connectivity index (χ3v) is 6.18. The molecular weight excluding hydrogens is 421 g/mol. The first-order chi connectivity index (χ1) is 15.5. The second kappa shape index (κ2) is 8.16. The van der Waals surface area contributed by atoms with Crippen LogP contribution >= 0.6 is 12.2 Å². The van der Waals surface area contributed by atoms with Crippen LogP contribution in [0.4, 0.5) is 10.1 Å². The van der Waals surface area contributed by atoms with Crippen molar-refractivity contribution in [3.8, 4) is 5.82 Å². The van der Waals surface area contributed by atoms with E-state index < -0.39 is 0 Å². The average Bonchev–Trinajstić information content (AvgIpc) is 3.31. The molecule has 1 N–H and O–H groups in total. The maximum atomic E-state index is 13.7. The molecule has 5 rings (SSSR count). The summed E-state index contributed by atoms with van der Waals surface area (Å²) in [5.74, 6) is 0.586. The van der Waals surface area contributed by atoms with E-state index in [4.69, 9.17) is 12.2 Å². The Morgan fingerprint density at radius 3 is 2.31 bits per heavy atom. The van der Waals surface area contributed by atoms with Gasteiger partial charge in [0.15, 0.2) is 5.11 Å². The fraction of sp³-hybridized carbons (Fsp3) is 0.160. The summed E-state index contributed by atoms with van der Waals surface area (Å²) in [6.45, 7) is 4.17. The Balaban J connectivity index is 1.68. The summed E-state index contributed by atoms with van der Waals surface area (Å²) in [6.07, 6.45) is 3.58. The standard InChI is InChI=1S/C25H22FN5S/c1-16-15-20(17(2)30(16)22-8-4-6-14-28-22)24-23(21-7-3-5-13-27-21)29-25(32)31(24)19-11-9-18(26)10-12-19/h3-15,23-24H,1-2H3,(H,29,32)/t23-,24-/m0/s1. The molecule has 1 aliphatic rings. The van der Waals surface area contributed by atoms with Gasteiger partial charge in [-0.3, -0.25) is 4.98 Å². The van der Waals surface area contributed by atoms with Gasteiger partial charge in [-0.1, -0.05) is 12.1 Å². The van der Waals surface area contributed by atoms with Crippen LogP contribution in [0.25, 0.3) is 5.82 Å². The molecule has 4 aromatic rings. The summed E-state index contributed by atoms with van der Waals surface area (Å²) in [5.41, 5.74) is 4.99. The largest absolute Gasteiger partial charge is 0.351 e. The molecule has 0 amide bonds. The number of hydrogen-bond acceptors (Lipinski definition) is 3. The molecule has 0 aliphatic carbocycles. The van der Waals surface area contributed by atoms with Gasteiger partial charge in [0, 0.05) is 29.5 Å². The fourth-order valence-corrected chi connectivity index (χ4v) is 4.82. The van der Waals surface area contributed by atoms with E-state index in [1.165, 1.54) is 12.1 Å². The van der Waals surface area contributed by atoms with Crippen LogP contribution in [0.2, 0.25) is 0 Å². The summed E-state index contributed by atoms with van der Waals surface area (Å²) in [6, 6.07) is 20.0. The molecule has 0 saturated carbocycles. The number of nitrogens with zero attached hydrogens (tertiary/aromatic N) is 4. The highest BCUT2D eigenvalue weighted by Crippen LogP contribution is 2.43. The molecule has 0 radical (unpaired) electrons. The molecular formula is C25H22FN5S. The highest BCUT2D eigenvalue weighted by Gasteiger charge is 2.42. The number of thiocarbonyl (C=S) groups is 1. The molecule has 1 fully saturated rings. The van der Waals surface area contributed by atoms with Crippen LogP contribution in [0, 0.1) is 19.7 Å². The van der Waals surface area contributed by atoms with Gasteiger partial charge in [-0.25, -0.2) is 9.37 Å². The number of anilines is 1. The van der Waals surface area contributed by atoms with Gasteiger partial charge in [0.1, 0.15) is 11.6 Å². The Hall–Kier alpha value is -3.58. The Kier molecular flexibility index (Phi) is 5.19. The van der Waals surface area contributed by atoms with E-state index in [-0.39, 0.29) is 17.9 Å². The van der Waals surface area contributed by atoms with Crippen molar-refractivity contribution in [2.24, 2.45) is 0 Å². The third kappa shape index (κ3) is 3.44. The molecule has 3 aromatic heterocycles. The lowest BCUT2D eigenvalue weighted by molar-refractivity contribution is 0.565. The Labute approximate surface area is 191 Å². The third-order valence-electron chi connectivity index (χ3n) is 5.87. The second-order valence-electron chi connectivity index (χ2n) is 7.82. The number of pyridine rings is 2. The van der Waals surface area contributed by atoms with E-state index in [0.717, 1.165) is 34.2 Å². The Bertz CT molecular complexity index is 1260. The maximum Gasteiger partial charge on any atom is 0.174 e. The first-order valence-electron chi connectivity index (χ1n) is 10.4. The predicted octanol–water partition coefficient (Wildman–Crippen LogP) is 5.20. The van der Waals surface area contributed by atoms with Crippen LogP contribution in [0.3, 0.4) is 0 Å². The molecule has 5 nitrogen and oxygen atoms in total. The smallest absolute Gasteiger partial charge is 0.174 e. The SMILES string of the molecule is Cc1cc([C@H]2[C@H](c3ccccn3)NC(=S)N2c2ccc(F)cc2)c(C)n1-c1ccccn1. The van der Waals surface area contributed by atoms with Crippen LogP contribution < -0.4 is 10.2 Å². The van der Waals surface area contributed by atoms with Gasteiger partial charge in [-0.15, -0.1) is 0 Å². The van der Waals surface area contributed by atoms with Crippen molar-refractivity contribution >= 4 is 23.0 Å². The van der Waals surface area contributed by atoms with Gasteiger partial charge in [0.2, 0.25) is 0 Å². The number of benzene rings is 1. The zero-order valence-electron chi connectivity index (χ0n) is 17.7. The summed E-state index contributed by atoms with van der Waals surface area (Å²) in [7, 11) is 0. The van der Waals surface area contributed by atoms with Crippen molar-refractivity contribution in [3.05, 3.63) is 108 Å². The van der Waals surface area contributed by atoms with E-state index in [1.807, 2.05) is 36.4 Å². The topological polar surface area (TPSA) is 46.0 Å². The lowest BCUT2D eigenvalue weighted by Crippen LogP contribution is -2.29. The summed E-state index contributed by atoms with van der Waals surface area (Å²) >= 11 is 5.76. The van der Waals surface area contributed by atoms with Gasteiger partial charge in [-0.05, 0) is 86.2 Å². The molecule has 2 atom stereocenters. The van der Waals surface area contributed by atoms with Crippen LogP contribution in [-0.4, -0.2) is 19.6 Å². The average molecular weight is 444 g/mol. The molecule has 4 heterocycles. The number of halogens is 1. The van der Waals surface area contributed by atoms with Gasteiger partial charge >= 0.3 is 0 Å². The highest BCUT2D eigenvalue weighted by molar-refractivity contribution is 7.80. The van der Waals surface area contributed by atoms with Crippen LogP contribution in [-0.2, 0) is 0 Å². The van der Waals surface area contributed by atoms with E-state index in [1.54, 1.807) is 24.5 Å². The molecule has 32 heavy (non-hydrogen) atoms. The predicted molar refractivity (Wildman–Crippen MR) is 127 cm³/mol. The summed E-state index contributed by atoms with van der Waals surface area (Å²) in [5, 5.41) is 4.04. The van der Waals surface area contributed by atoms with Crippen LogP contribution in [0.1, 0.15) is 34.7 Å². The van der Waals surface area contributed by atoms with E-state index in [2.05, 4.69) is 44.7 Å². The maximum absolute atomic E-state index is 13.7. The molecule has 1 saturated heterocycles. The van der Waals surface area contributed by atoms with Crippen LogP contribution in [0.15, 0.2) is 79.1 Å². The van der Waals surface area contributed by atoms with E-state index in [9.17, 15) is 4.39 Å². The van der Waals surface area contributed by atoms with Gasteiger partial charge < -0.3 is 14.8 Å². The zero-order chi connectivity index (χ0) is 22.2. The van der Waals surface area contributed by atoms with Crippen LogP contribution in [0.5, 0.6) is 0 Å². The number of rotatable bonds is 4. The normalized spacial score (nSPS) is 18.1. The minimum absolute atomic E-state index is 0.161. The highest BCUT2D eigenvalue weighted by atomic mass is 32.1. The zero-order valence-corrected chi connectivity index (χ0v) is 18.6. The minimum Gasteiger partial charge on any atom is -0.351 e. The number of hydrogen-bond donors (Lipinski definition) is 1. The first kappa shape index (κ1) is 20.3. The minimum atomic E-state index is -0.280. The van der Waals surface area contributed by atoms with Gasteiger partial charge in [-0.2, -0.15) is 0 Å². The van der Waals surface area contributed by atoms with Crippen molar-refractivity contribution in [1.29, 1.82) is 0 Å². The van der Waals surface area contributed by atoms with Gasteiger partial charge in [0.25, 0.3) is 0 Å². The first-order valence-corrected chi connectivity index (χ1v) is 10.8. The second-order valence-corrected chi connectivity index (χ2v) is 8.21. The molecule has 7 heteroatoms. The Morgan fingerprint density at radius 1 is 0.938 bits per heavy atom. The van der Waals surface area contributed by atoms with Gasteiger partial charge in [0.05, 0.1) is 17.8 Å². The molecule has 1 aromatic carbocycles. The van der Waals surface area contributed by atoms with Crippen molar-refractivity contribution < 1.29 is 4.39 Å². The molecule has 0 spiro atoms. The van der Waals surface area contributed by atoms with E-state index >= 15 is 0 Å². The fourth-order valence-electron chi connectivity index (χ4n) is 4.48. The summed E-state index contributed by atoms with van der Waals surface area (Å²) < 4.78 is 15.8. The lowest BCUT2D eigenvalue weighted by atomic mass is 9.96.